The number of carbonyl (C=O) groups is 2. The largest absolute Gasteiger partial charge is 0.507 e. The second kappa shape index (κ2) is 20.1. The number of rotatable bonds is 14. The zero-order valence-electron chi connectivity index (χ0n) is 36.3. The second-order valence-electron chi connectivity index (χ2n) is 15.8. The number of fused-ring (bicyclic) bond motifs is 2. The minimum Gasteiger partial charge on any atom is -0.507 e. The Morgan fingerprint density at radius 2 is 0.884 bits per heavy atom. The highest BCUT2D eigenvalue weighted by molar-refractivity contribution is 5.91. The molecule has 69 heavy (non-hydrogen) atoms. The first-order valence-corrected chi connectivity index (χ1v) is 21.0. The van der Waals surface area contributed by atoms with Crippen LogP contribution in [0, 0.1) is 0 Å². The smallest absolute Gasteiger partial charge is 0.317 e. The van der Waals surface area contributed by atoms with Crippen molar-refractivity contribution in [2.45, 2.75) is 67.8 Å². The number of methoxy groups -OCH3 is 2. The fourth-order valence-corrected chi connectivity index (χ4v) is 7.56. The summed E-state index contributed by atoms with van der Waals surface area (Å²) in [5, 5.41) is 85.0. The Labute approximate surface area is 388 Å². The van der Waals surface area contributed by atoms with Crippen LogP contribution in [0.25, 0.3) is 44.6 Å². The highest BCUT2D eigenvalue weighted by Crippen LogP contribution is 2.36. The summed E-state index contributed by atoms with van der Waals surface area (Å²) in [5.74, 6) is -2.52. The molecule has 0 saturated carbocycles. The molecular weight excluding hydrogens is 916 g/mol. The van der Waals surface area contributed by atoms with Gasteiger partial charge in [0.2, 0.25) is 12.6 Å². The Bertz CT molecular complexity index is 2750. The monoisotopic (exact) mass is 960 g/mol. The average Bonchev–Trinajstić information content (AvgIpc) is 3.33. The van der Waals surface area contributed by atoms with Gasteiger partial charge in [0.05, 0.1) is 14.2 Å². The third kappa shape index (κ3) is 10.3. The van der Waals surface area contributed by atoms with E-state index in [1.807, 2.05) is 0 Å². The van der Waals surface area contributed by atoms with Gasteiger partial charge < -0.3 is 87.6 Å². The van der Waals surface area contributed by atoms with E-state index in [9.17, 15) is 60.0 Å². The number of ether oxygens (including phenoxy) is 8. The van der Waals surface area contributed by atoms with Crippen molar-refractivity contribution in [1.82, 2.24) is 0 Å². The normalized spacial score (nSPS) is 24.6. The topological polar surface area (TPSA) is 330 Å². The van der Waals surface area contributed by atoms with Crippen LogP contribution in [0.1, 0.15) is 6.42 Å². The van der Waals surface area contributed by atoms with Crippen LogP contribution in [0.4, 0.5) is 0 Å². The summed E-state index contributed by atoms with van der Waals surface area (Å²) in [7, 11) is 2.98. The van der Waals surface area contributed by atoms with Crippen molar-refractivity contribution in [3.05, 3.63) is 105 Å². The molecule has 0 spiro atoms. The Morgan fingerprint density at radius 3 is 1.25 bits per heavy atom. The van der Waals surface area contributed by atoms with Crippen LogP contribution in [-0.4, -0.2) is 142 Å². The molecule has 0 amide bonds. The van der Waals surface area contributed by atoms with Crippen molar-refractivity contribution in [3.63, 3.8) is 0 Å². The lowest BCUT2D eigenvalue weighted by Crippen LogP contribution is -2.60. The molecule has 4 heterocycles. The lowest BCUT2D eigenvalue weighted by Gasteiger charge is -2.40. The number of hydrogen-bond acceptors (Lipinski definition) is 22. The van der Waals surface area contributed by atoms with Gasteiger partial charge in [0.25, 0.3) is 0 Å². The summed E-state index contributed by atoms with van der Waals surface area (Å²) >= 11 is 0. The zero-order valence-corrected chi connectivity index (χ0v) is 36.3. The highest BCUT2D eigenvalue weighted by atomic mass is 16.7. The van der Waals surface area contributed by atoms with E-state index in [0.29, 0.717) is 22.6 Å². The molecule has 8 rings (SSSR count). The molecule has 10 atom stereocenters. The zero-order chi connectivity index (χ0) is 49.3. The number of aromatic hydroxyl groups is 2. The van der Waals surface area contributed by atoms with Crippen molar-refractivity contribution < 1.29 is 97.2 Å². The van der Waals surface area contributed by atoms with Crippen molar-refractivity contribution in [2.24, 2.45) is 0 Å². The first-order valence-electron chi connectivity index (χ1n) is 21.0. The number of hydrogen-bond donors (Lipinski definition) is 8. The average molecular weight is 961 g/mol. The van der Waals surface area contributed by atoms with Crippen LogP contribution in [0.5, 0.6) is 34.5 Å². The third-order valence-corrected chi connectivity index (χ3v) is 11.3. The predicted octanol–water partition coefficient (Wildman–Crippen LogP) is 1.21. The summed E-state index contributed by atoms with van der Waals surface area (Å²) in [4.78, 5) is 51.3. The van der Waals surface area contributed by atoms with Gasteiger partial charge in [-0.15, -0.1) is 0 Å². The van der Waals surface area contributed by atoms with Gasteiger partial charge in [0.1, 0.15) is 136 Å². The molecule has 0 bridgehead atoms. The Kier molecular flexibility index (Phi) is 14.1. The fourth-order valence-electron chi connectivity index (χ4n) is 7.56. The number of aliphatic hydroxyl groups excluding tert-OH is 6. The standard InChI is InChI=1S/C47H44O22/c1-60-22-7-3-20(4-8-22)30-15-28(50)38-26(48)11-24(13-32(38)66-30)64-46-44(58)42(56)40(54)34(68-46)18-62-36(52)17-37(53)63-19-35-41(55)43(57)45(59)47(69-35)65-25-12-27(49)39-29(51)16-31(67-33(39)14-25)21-5-9-23(61-2)10-6-21/h3-16,34-35,40-49,54-59H,17-19H2,1-2H3. The maximum absolute atomic E-state index is 13.0. The van der Waals surface area contributed by atoms with E-state index in [2.05, 4.69) is 0 Å². The van der Waals surface area contributed by atoms with Gasteiger partial charge in [-0.05, 0) is 48.5 Å². The SMILES string of the molecule is COc1ccc(-c2cc(=O)c3c(O)cc(OC4OC(COC(=O)CC(=O)OCC5OC(Oc6cc(O)c7c(=O)cc(-c8ccc(OC)cc8)oc7c6)C(O)C(O)C5O)C(O)C(O)C4O)cc3o2)cc1. The minimum absolute atomic E-state index is 0.113. The predicted molar refractivity (Wildman–Crippen MR) is 233 cm³/mol. The lowest BCUT2D eigenvalue weighted by molar-refractivity contribution is -0.279. The van der Waals surface area contributed by atoms with Gasteiger partial charge in [-0.1, -0.05) is 0 Å². The molecule has 2 aliphatic rings. The maximum atomic E-state index is 13.0. The number of phenolic OH excluding ortho intramolecular Hbond substituents is 2. The second-order valence-corrected chi connectivity index (χ2v) is 15.8. The minimum atomic E-state index is -1.92. The Balaban J connectivity index is 0.864. The van der Waals surface area contributed by atoms with E-state index in [1.54, 1.807) is 48.5 Å². The van der Waals surface area contributed by atoms with Gasteiger partial charge >= 0.3 is 11.9 Å². The third-order valence-electron chi connectivity index (χ3n) is 11.3. The van der Waals surface area contributed by atoms with Gasteiger partial charge in [-0.3, -0.25) is 19.2 Å². The molecule has 6 aromatic rings. The molecular formula is C47H44O22. The van der Waals surface area contributed by atoms with Gasteiger partial charge in [-0.25, -0.2) is 0 Å². The summed E-state index contributed by atoms with van der Waals surface area (Å²) < 4.78 is 54.9. The molecule has 22 nitrogen and oxygen atoms in total. The first kappa shape index (κ1) is 48.2. The van der Waals surface area contributed by atoms with E-state index in [1.165, 1.54) is 38.5 Å². The van der Waals surface area contributed by atoms with Gasteiger partial charge in [0.15, 0.2) is 10.9 Å². The number of benzene rings is 4. The number of carbonyl (C=O) groups excluding carboxylic acids is 2. The fraction of sp³-hybridized carbons (Fsp3) is 0.319. The maximum Gasteiger partial charge on any atom is 0.317 e. The molecule has 0 aliphatic carbocycles. The van der Waals surface area contributed by atoms with Crippen molar-refractivity contribution in [3.8, 4) is 57.1 Å². The van der Waals surface area contributed by atoms with Crippen LogP contribution in [-0.2, 0) is 28.5 Å². The van der Waals surface area contributed by atoms with Crippen LogP contribution < -0.4 is 29.8 Å². The van der Waals surface area contributed by atoms with Crippen molar-refractivity contribution in [2.75, 3.05) is 27.4 Å². The quantitative estimate of drug-likeness (QED) is 0.0562. The molecule has 22 heteroatoms. The molecule has 2 fully saturated rings. The Hall–Kier alpha value is -7.28. The van der Waals surface area contributed by atoms with Crippen molar-refractivity contribution >= 4 is 33.9 Å². The van der Waals surface area contributed by atoms with E-state index in [-0.39, 0.29) is 45.0 Å². The number of aliphatic hydroxyl groups is 6. The van der Waals surface area contributed by atoms with Crippen LogP contribution >= 0.6 is 0 Å². The molecule has 364 valence electrons. The number of phenols is 2. The number of esters is 2. The molecule has 8 N–H and O–H groups in total. The van der Waals surface area contributed by atoms with E-state index < -0.39 is 115 Å². The van der Waals surface area contributed by atoms with Gasteiger partial charge in [-0.2, -0.15) is 0 Å². The Morgan fingerprint density at radius 1 is 0.507 bits per heavy atom. The summed E-state index contributed by atoms with van der Waals surface area (Å²) in [6.07, 6.45) is -18.9. The molecule has 2 saturated heterocycles. The first-order chi connectivity index (χ1) is 33.0. The van der Waals surface area contributed by atoms with Crippen molar-refractivity contribution in [1.29, 1.82) is 0 Å². The van der Waals surface area contributed by atoms with Crippen LogP contribution in [0.2, 0.25) is 0 Å². The van der Waals surface area contributed by atoms with Gasteiger partial charge in [0, 0.05) is 47.5 Å². The lowest BCUT2D eigenvalue weighted by atomic mass is 9.99. The summed E-state index contributed by atoms with van der Waals surface area (Å²) in [5.41, 5.74) is -0.373. The molecule has 10 unspecified atom stereocenters. The van der Waals surface area contributed by atoms with E-state index in [0.717, 1.165) is 12.1 Å². The van der Waals surface area contributed by atoms with Crippen LogP contribution in [0.3, 0.4) is 0 Å². The van der Waals surface area contributed by atoms with Crippen LogP contribution in [0.15, 0.2) is 103 Å². The molecule has 2 aliphatic heterocycles. The molecule has 0 radical (unpaired) electrons. The highest BCUT2D eigenvalue weighted by Gasteiger charge is 2.47. The van der Waals surface area contributed by atoms with E-state index >= 15 is 0 Å². The van der Waals surface area contributed by atoms with E-state index in [4.69, 9.17) is 46.7 Å². The summed E-state index contributed by atoms with van der Waals surface area (Å²) in [6.45, 7) is -1.58. The summed E-state index contributed by atoms with van der Waals surface area (Å²) in [6, 6.07) is 20.1. The molecule has 4 aromatic carbocycles. The molecule has 2 aromatic heterocycles.